The maximum absolute atomic E-state index is 13.9. The van der Waals surface area contributed by atoms with Gasteiger partial charge in [-0.2, -0.15) is 0 Å². The van der Waals surface area contributed by atoms with Crippen LogP contribution in [0.25, 0.3) is 0 Å². The molecule has 0 bridgehead atoms. The molecule has 3 amide bonds. The van der Waals surface area contributed by atoms with E-state index in [-0.39, 0.29) is 31.4 Å². The Morgan fingerprint density at radius 1 is 1.09 bits per heavy atom. The van der Waals surface area contributed by atoms with Crippen molar-refractivity contribution >= 4 is 35.0 Å². The summed E-state index contributed by atoms with van der Waals surface area (Å²) >= 11 is 5.88. The van der Waals surface area contributed by atoms with Crippen LogP contribution in [0.1, 0.15) is 36.5 Å². The molecule has 1 heterocycles. The van der Waals surface area contributed by atoms with E-state index in [1.165, 1.54) is 4.90 Å². The maximum Gasteiger partial charge on any atom is 0.253 e. The average molecular weight is 496 g/mol. The number of piperidine rings is 1. The zero-order valence-electron chi connectivity index (χ0n) is 18.6. The number of carbonyl (C=O) groups excluding carboxylic acids is 3. The fourth-order valence-electron chi connectivity index (χ4n) is 3.92. The maximum atomic E-state index is 13.9. The zero-order chi connectivity index (χ0) is 24.8. The summed E-state index contributed by atoms with van der Waals surface area (Å²) in [6, 6.07) is 8.12. The number of likely N-dealkylation sites (tertiary alicyclic amines) is 1. The molecule has 1 fully saturated rings. The molecule has 0 spiro atoms. The molecule has 1 unspecified atom stereocenters. The molecule has 1 saturated heterocycles. The molecule has 1 atom stereocenters. The molecule has 1 N–H and O–H groups in total. The Labute approximate surface area is 200 Å². The lowest BCUT2D eigenvalue weighted by molar-refractivity contribution is -0.139. The number of halogens is 4. The third-order valence-corrected chi connectivity index (χ3v) is 5.85. The molecular formula is C24H25ClF3N3O3. The zero-order valence-corrected chi connectivity index (χ0v) is 19.4. The summed E-state index contributed by atoms with van der Waals surface area (Å²) < 4.78 is 40.4. The van der Waals surface area contributed by atoms with Crippen molar-refractivity contribution in [1.29, 1.82) is 0 Å². The quantitative estimate of drug-likeness (QED) is 0.575. The molecule has 6 nitrogen and oxygen atoms in total. The van der Waals surface area contributed by atoms with E-state index >= 15 is 0 Å². The van der Waals surface area contributed by atoms with E-state index in [0.717, 1.165) is 6.07 Å². The lowest BCUT2D eigenvalue weighted by atomic mass is 9.95. The number of amides is 3. The van der Waals surface area contributed by atoms with Crippen molar-refractivity contribution in [2.45, 2.75) is 26.2 Å². The summed E-state index contributed by atoms with van der Waals surface area (Å²) in [7, 11) is 0. The van der Waals surface area contributed by atoms with Crippen LogP contribution < -0.4 is 5.32 Å². The molecule has 3 rings (SSSR count). The van der Waals surface area contributed by atoms with E-state index in [1.807, 2.05) is 6.92 Å². The summed E-state index contributed by atoms with van der Waals surface area (Å²) in [5.41, 5.74) is -0.0407. The van der Waals surface area contributed by atoms with Crippen molar-refractivity contribution in [2.75, 3.05) is 31.5 Å². The van der Waals surface area contributed by atoms with E-state index in [1.54, 1.807) is 29.2 Å². The van der Waals surface area contributed by atoms with E-state index in [0.29, 0.717) is 42.5 Å². The largest absolute Gasteiger partial charge is 0.338 e. The third kappa shape index (κ3) is 6.08. The van der Waals surface area contributed by atoms with Crippen LogP contribution in [0.15, 0.2) is 36.4 Å². The lowest BCUT2D eigenvalue weighted by Crippen LogP contribution is -2.48. The van der Waals surface area contributed by atoms with Gasteiger partial charge in [-0.05, 0) is 55.7 Å². The Morgan fingerprint density at radius 3 is 2.47 bits per heavy atom. The second-order valence-electron chi connectivity index (χ2n) is 8.13. The SMILES string of the molecule is CCCN(CC(=O)Nc1ccc(F)c(F)c1F)C(=O)C1CCCN(C(=O)c2ccc(Cl)cc2)C1. The number of nitrogens with one attached hydrogen (secondary N) is 1. The first-order valence-electron chi connectivity index (χ1n) is 11.0. The minimum absolute atomic E-state index is 0.206. The molecule has 0 aliphatic carbocycles. The Hall–Kier alpha value is -3.07. The lowest BCUT2D eigenvalue weighted by Gasteiger charge is -2.35. The summed E-state index contributed by atoms with van der Waals surface area (Å²) in [6.45, 7) is 2.44. The minimum Gasteiger partial charge on any atom is -0.338 e. The number of carbonyl (C=O) groups is 3. The normalized spacial score (nSPS) is 15.7. The predicted molar refractivity (Wildman–Crippen MR) is 122 cm³/mol. The van der Waals surface area contributed by atoms with Gasteiger partial charge in [-0.25, -0.2) is 13.2 Å². The second-order valence-corrected chi connectivity index (χ2v) is 8.56. The Morgan fingerprint density at radius 2 is 1.79 bits per heavy atom. The summed E-state index contributed by atoms with van der Waals surface area (Å²) in [6.07, 6.45) is 1.75. The molecule has 2 aromatic rings. The molecule has 182 valence electrons. The highest BCUT2D eigenvalue weighted by molar-refractivity contribution is 6.30. The van der Waals surface area contributed by atoms with Crippen molar-refractivity contribution in [2.24, 2.45) is 5.92 Å². The van der Waals surface area contributed by atoms with Crippen LogP contribution in [0.3, 0.4) is 0 Å². The number of hydrogen-bond acceptors (Lipinski definition) is 3. The summed E-state index contributed by atoms with van der Waals surface area (Å²) in [5.74, 6) is -6.30. The van der Waals surface area contributed by atoms with Gasteiger partial charge in [0.05, 0.1) is 18.2 Å². The fourth-order valence-corrected chi connectivity index (χ4v) is 4.05. The topological polar surface area (TPSA) is 69.7 Å². The molecule has 10 heteroatoms. The van der Waals surface area contributed by atoms with Crippen molar-refractivity contribution in [1.82, 2.24) is 9.80 Å². The van der Waals surface area contributed by atoms with Gasteiger partial charge in [0, 0.05) is 30.2 Å². The van der Waals surface area contributed by atoms with Gasteiger partial charge in [-0.3, -0.25) is 14.4 Å². The number of anilines is 1. The first-order chi connectivity index (χ1) is 16.2. The van der Waals surface area contributed by atoms with Gasteiger partial charge < -0.3 is 15.1 Å². The standard InChI is InChI=1S/C24H25ClF3N3O3/c1-2-11-30(14-20(32)29-19-10-9-18(26)21(27)22(19)28)24(34)16-4-3-12-31(13-16)23(33)15-5-7-17(25)8-6-15/h5-10,16H,2-4,11-14H2,1H3,(H,29,32). The highest BCUT2D eigenvalue weighted by Gasteiger charge is 2.32. The molecule has 0 radical (unpaired) electrons. The van der Waals surface area contributed by atoms with Crippen molar-refractivity contribution in [3.05, 3.63) is 64.4 Å². The van der Waals surface area contributed by atoms with Gasteiger partial charge in [0.15, 0.2) is 17.5 Å². The van der Waals surface area contributed by atoms with Gasteiger partial charge in [0.25, 0.3) is 5.91 Å². The van der Waals surface area contributed by atoms with Gasteiger partial charge in [0.1, 0.15) is 0 Å². The van der Waals surface area contributed by atoms with Gasteiger partial charge >= 0.3 is 0 Å². The molecule has 34 heavy (non-hydrogen) atoms. The van der Waals surface area contributed by atoms with Crippen LogP contribution in [0, 0.1) is 23.4 Å². The Bertz CT molecular complexity index is 1070. The number of benzene rings is 2. The monoisotopic (exact) mass is 495 g/mol. The first-order valence-corrected chi connectivity index (χ1v) is 11.4. The Kier molecular flexibility index (Phi) is 8.55. The Balaban J connectivity index is 1.66. The van der Waals surface area contributed by atoms with Gasteiger partial charge in [0.2, 0.25) is 11.8 Å². The van der Waals surface area contributed by atoms with E-state index in [9.17, 15) is 27.6 Å². The van der Waals surface area contributed by atoms with Crippen LogP contribution in [0.5, 0.6) is 0 Å². The molecule has 0 aromatic heterocycles. The van der Waals surface area contributed by atoms with Crippen molar-refractivity contribution in [3.8, 4) is 0 Å². The average Bonchev–Trinajstić information content (AvgIpc) is 2.84. The van der Waals surface area contributed by atoms with Crippen LogP contribution in [0.2, 0.25) is 5.02 Å². The van der Waals surface area contributed by atoms with Crippen molar-refractivity contribution in [3.63, 3.8) is 0 Å². The van der Waals surface area contributed by atoms with E-state index in [4.69, 9.17) is 11.6 Å². The first kappa shape index (κ1) is 25.6. The highest BCUT2D eigenvalue weighted by Crippen LogP contribution is 2.23. The van der Waals surface area contributed by atoms with Gasteiger partial charge in [-0.1, -0.05) is 18.5 Å². The molecule has 2 aromatic carbocycles. The van der Waals surface area contributed by atoms with Crippen molar-refractivity contribution < 1.29 is 27.6 Å². The fraction of sp³-hybridized carbons (Fsp3) is 0.375. The van der Waals surface area contributed by atoms with Crippen LogP contribution in [0.4, 0.5) is 18.9 Å². The predicted octanol–water partition coefficient (Wildman–Crippen LogP) is 4.49. The van der Waals surface area contributed by atoms with E-state index < -0.39 is 35.0 Å². The third-order valence-electron chi connectivity index (χ3n) is 5.60. The van der Waals surface area contributed by atoms with Crippen LogP contribution in [-0.4, -0.2) is 53.7 Å². The molecule has 0 saturated carbocycles. The molecule has 1 aliphatic heterocycles. The number of rotatable bonds is 7. The smallest absolute Gasteiger partial charge is 0.253 e. The minimum atomic E-state index is -1.69. The number of nitrogens with zero attached hydrogens (tertiary/aromatic N) is 2. The van der Waals surface area contributed by atoms with Crippen LogP contribution in [-0.2, 0) is 9.59 Å². The second kappa shape index (κ2) is 11.4. The summed E-state index contributed by atoms with van der Waals surface area (Å²) in [4.78, 5) is 41.4. The summed E-state index contributed by atoms with van der Waals surface area (Å²) in [5, 5.41) is 2.70. The number of hydrogen-bond donors (Lipinski definition) is 1. The van der Waals surface area contributed by atoms with Crippen LogP contribution >= 0.6 is 11.6 Å². The highest BCUT2D eigenvalue weighted by atomic mass is 35.5. The van der Waals surface area contributed by atoms with Gasteiger partial charge in [-0.15, -0.1) is 0 Å². The van der Waals surface area contributed by atoms with E-state index in [2.05, 4.69) is 5.32 Å². The molecular weight excluding hydrogens is 471 g/mol. The molecule has 1 aliphatic rings.